The van der Waals surface area contributed by atoms with E-state index in [0.717, 1.165) is 5.56 Å². The third-order valence-electron chi connectivity index (χ3n) is 3.66. The zero-order chi connectivity index (χ0) is 15.6. The minimum absolute atomic E-state index is 0.167. The van der Waals surface area contributed by atoms with Crippen LogP contribution in [0.15, 0.2) is 0 Å². The van der Waals surface area contributed by atoms with Crippen LogP contribution in [0.1, 0.15) is 58.8 Å². The fourth-order valence-electron chi connectivity index (χ4n) is 1.75. The molecule has 0 amide bonds. The highest BCUT2D eigenvalue weighted by Crippen LogP contribution is 2.26. The number of hydrogen-bond donors (Lipinski definition) is 2. The molecule has 0 radical (unpaired) electrons. The van der Waals surface area contributed by atoms with Crippen LogP contribution in [0.4, 0.5) is 5.82 Å². The summed E-state index contributed by atoms with van der Waals surface area (Å²) in [5, 5.41) is 14.0. The van der Waals surface area contributed by atoms with Gasteiger partial charge in [0.15, 0.2) is 0 Å². The van der Waals surface area contributed by atoms with Gasteiger partial charge in [-0.15, -0.1) is 0 Å². The number of nitrogens with one attached hydrogen (secondary N) is 1. The SMILES string of the molecule is CCC(O)(CC)CNc1nc(C(C)(C)C)nc(Cl)c1C. The second kappa shape index (κ2) is 6.27. The maximum atomic E-state index is 10.3. The van der Waals surface area contributed by atoms with Crippen LogP contribution >= 0.6 is 11.6 Å². The van der Waals surface area contributed by atoms with E-state index in [2.05, 4.69) is 15.3 Å². The Labute approximate surface area is 127 Å². The van der Waals surface area contributed by atoms with Gasteiger partial charge in [0.05, 0.1) is 5.60 Å². The molecule has 5 heteroatoms. The Balaban J connectivity index is 3.03. The Bertz CT molecular complexity index is 465. The summed E-state index contributed by atoms with van der Waals surface area (Å²) >= 11 is 6.19. The molecule has 20 heavy (non-hydrogen) atoms. The highest BCUT2D eigenvalue weighted by atomic mass is 35.5. The lowest BCUT2D eigenvalue weighted by atomic mass is 9.95. The predicted octanol–water partition coefficient (Wildman–Crippen LogP) is 3.70. The normalized spacial score (nSPS) is 12.6. The van der Waals surface area contributed by atoms with Crippen molar-refractivity contribution >= 4 is 17.4 Å². The van der Waals surface area contributed by atoms with Crippen LogP contribution in [0.5, 0.6) is 0 Å². The molecule has 2 N–H and O–H groups in total. The Morgan fingerprint density at radius 3 is 2.15 bits per heavy atom. The summed E-state index contributed by atoms with van der Waals surface area (Å²) in [6.45, 7) is 12.4. The van der Waals surface area contributed by atoms with E-state index in [4.69, 9.17) is 11.6 Å². The van der Waals surface area contributed by atoms with Crippen molar-refractivity contribution in [2.24, 2.45) is 0 Å². The molecule has 0 saturated carbocycles. The summed E-state index contributed by atoms with van der Waals surface area (Å²) in [7, 11) is 0. The second-order valence-corrected chi connectivity index (χ2v) is 6.70. The van der Waals surface area contributed by atoms with E-state index in [1.54, 1.807) is 0 Å². The fraction of sp³-hybridized carbons (Fsp3) is 0.733. The van der Waals surface area contributed by atoms with Crippen LogP contribution in [0.3, 0.4) is 0 Å². The molecule has 0 aliphatic rings. The lowest BCUT2D eigenvalue weighted by Gasteiger charge is -2.27. The van der Waals surface area contributed by atoms with E-state index in [-0.39, 0.29) is 5.41 Å². The van der Waals surface area contributed by atoms with Gasteiger partial charge in [0.25, 0.3) is 0 Å². The van der Waals surface area contributed by atoms with Gasteiger partial charge in [-0.3, -0.25) is 0 Å². The van der Waals surface area contributed by atoms with Crippen molar-refractivity contribution in [2.45, 2.75) is 65.4 Å². The van der Waals surface area contributed by atoms with Crippen molar-refractivity contribution in [3.05, 3.63) is 16.5 Å². The molecule has 1 heterocycles. The van der Waals surface area contributed by atoms with E-state index in [0.29, 0.717) is 36.2 Å². The van der Waals surface area contributed by atoms with Crippen molar-refractivity contribution in [3.63, 3.8) is 0 Å². The first-order valence-electron chi connectivity index (χ1n) is 7.14. The van der Waals surface area contributed by atoms with Crippen LogP contribution in [0.2, 0.25) is 5.15 Å². The van der Waals surface area contributed by atoms with Gasteiger partial charge in [0.1, 0.15) is 16.8 Å². The lowest BCUT2D eigenvalue weighted by Crippen LogP contribution is -2.36. The predicted molar refractivity (Wildman–Crippen MR) is 84.5 cm³/mol. The summed E-state index contributed by atoms with van der Waals surface area (Å²) in [6, 6.07) is 0. The molecular formula is C15H26ClN3O. The zero-order valence-corrected chi connectivity index (χ0v) is 14.1. The number of aliphatic hydroxyl groups is 1. The number of halogens is 1. The highest BCUT2D eigenvalue weighted by molar-refractivity contribution is 6.30. The van der Waals surface area contributed by atoms with Crippen molar-refractivity contribution in [2.75, 3.05) is 11.9 Å². The first-order chi connectivity index (χ1) is 9.13. The van der Waals surface area contributed by atoms with Gasteiger partial charge in [-0.25, -0.2) is 9.97 Å². The number of hydrogen-bond acceptors (Lipinski definition) is 4. The van der Waals surface area contributed by atoms with Crippen LogP contribution in [-0.4, -0.2) is 27.2 Å². The van der Waals surface area contributed by atoms with Crippen LogP contribution in [0, 0.1) is 6.92 Å². The summed E-state index contributed by atoms with van der Waals surface area (Å²) in [5.41, 5.74) is -0.0695. The molecular weight excluding hydrogens is 274 g/mol. The molecule has 1 aromatic rings. The summed E-state index contributed by atoms with van der Waals surface area (Å²) in [4.78, 5) is 8.90. The molecule has 0 aliphatic carbocycles. The van der Waals surface area contributed by atoms with Crippen molar-refractivity contribution in [1.82, 2.24) is 9.97 Å². The van der Waals surface area contributed by atoms with E-state index in [9.17, 15) is 5.11 Å². The standard InChI is InChI=1S/C15H26ClN3O/c1-7-15(20,8-2)9-17-12-10(3)11(16)18-13(19-12)14(4,5)6/h20H,7-9H2,1-6H3,(H,17,18,19). The van der Waals surface area contributed by atoms with Crippen LogP contribution in [-0.2, 0) is 5.41 Å². The Morgan fingerprint density at radius 1 is 1.15 bits per heavy atom. The summed E-state index contributed by atoms with van der Waals surface area (Å²) < 4.78 is 0. The van der Waals surface area contributed by atoms with Gasteiger partial charge in [0, 0.05) is 17.5 Å². The zero-order valence-electron chi connectivity index (χ0n) is 13.3. The average Bonchev–Trinajstić information content (AvgIpc) is 2.38. The van der Waals surface area contributed by atoms with Gasteiger partial charge in [0.2, 0.25) is 0 Å². The van der Waals surface area contributed by atoms with Crippen molar-refractivity contribution in [1.29, 1.82) is 0 Å². The summed E-state index contributed by atoms with van der Waals surface area (Å²) in [6.07, 6.45) is 1.39. The molecule has 0 bridgehead atoms. The lowest BCUT2D eigenvalue weighted by molar-refractivity contribution is 0.0456. The fourth-order valence-corrected chi connectivity index (χ4v) is 1.91. The minimum atomic E-state index is -0.717. The average molecular weight is 300 g/mol. The van der Waals surface area contributed by atoms with Crippen molar-refractivity contribution in [3.8, 4) is 0 Å². The maximum absolute atomic E-state index is 10.3. The molecule has 4 nitrogen and oxygen atoms in total. The third kappa shape index (κ3) is 4.06. The van der Waals surface area contributed by atoms with Gasteiger partial charge in [-0.05, 0) is 19.8 Å². The van der Waals surface area contributed by atoms with Crippen LogP contribution < -0.4 is 5.32 Å². The molecule has 1 aromatic heterocycles. The van der Waals surface area contributed by atoms with E-state index >= 15 is 0 Å². The third-order valence-corrected chi connectivity index (χ3v) is 4.03. The van der Waals surface area contributed by atoms with E-state index in [1.165, 1.54) is 0 Å². The van der Waals surface area contributed by atoms with Gasteiger partial charge >= 0.3 is 0 Å². The summed E-state index contributed by atoms with van der Waals surface area (Å²) in [5.74, 6) is 1.40. The molecule has 0 unspecified atom stereocenters. The van der Waals surface area contributed by atoms with Crippen molar-refractivity contribution < 1.29 is 5.11 Å². The van der Waals surface area contributed by atoms with Gasteiger partial charge in [-0.2, -0.15) is 0 Å². The molecule has 0 fully saturated rings. The van der Waals surface area contributed by atoms with Gasteiger partial charge < -0.3 is 10.4 Å². The number of rotatable bonds is 5. The minimum Gasteiger partial charge on any atom is -0.388 e. The Kier molecular flexibility index (Phi) is 5.39. The van der Waals surface area contributed by atoms with Gasteiger partial charge in [-0.1, -0.05) is 46.2 Å². The number of anilines is 1. The first kappa shape index (κ1) is 17.2. The molecule has 1 rings (SSSR count). The smallest absolute Gasteiger partial charge is 0.137 e. The molecule has 0 spiro atoms. The van der Waals surface area contributed by atoms with Crippen LogP contribution in [0.25, 0.3) is 0 Å². The first-order valence-corrected chi connectivity index (χ1v) is 7.51. The topological polar surface area (TPSA) is 58.0 Å². The Hall–Kier alpha value is -0.870. The Morgan fingerprint density at radius 2 is 1.70 bits per heavy atom. The molecule has 114 valence electrons. The number of nitrogens with zero attached hydrogens (tertiary/aromatic N) is 2. The van der Waals surface area contributed by atoms with E-state index < -0.39 is 5.60 Å². The number of aromatic nitrogens is 2. The highest BCUT2D eigenvalue weighted by Gasteiger charge is 2.24. The molecule has 0 aliphatic heterocycles. The molecule has 0 aromatic carbocycles. The molecule has 0 saturated heterocycles. The van der Waals surface area contributed by atoms with E-state index in [1.807, 2.05) is 41.5 Å². The quantitative estimate of drug-likeness (QED) is 0.814. The maximum Gasteiger partial charge on any atom is 0.137 e. The second-order valence-electron chi connectivity index (χ2n) is 6.35. The molecule has 0 atom stereocenters. The largest absolute Gasteiger partial charge is 0.388 e. The monoisotopic (exact) mass is 299 g/mol.